The second kappa shape index (κ2) is 3.08. The van der Waals surface area contributed by atoms with E-state index in [4.69, 9.17) is 5.11 Å². The normalized spacial score (nSPS) is 26.2. The Labute approximate surface area is 63.7 Å². The fraction of sp³-hybridized carbons (Fsp3) is 0.250. The Morgan fingerprint density at radius 3 is 2.75 bits per heavy atom. The third-order valence-electron chi connectivity index (χ3n) is 0.712. The average Bonchev–Trinajstić information content (AvgIpc) is 2.12. The van der Waals surface area contributed by atoms with Crippen LogP contribution in [0.4, 0.5) is 0 Å². The van der Waals surface area contributed by atoms with Crippen molar-refractivity contribution in [2.24, 2.45) is 0 Å². The Morgan fingerprint density at radius 1 is 1.75 bits per heavy atom. The Hall–Kier alpha value is 0.789. The van der Waals surface area contributed by atoms with Gasteiger partial charge < -0.3 is 0 Å². The molecule has 8 heavy (non-hydrogen) atoms. The number of carboxylic acids is 1. The summed E-state index contributed by atoms with van der Waals surface area (Å²) in [5.74, 6) is -0.605. The van der Waals surface area contributed by atoms with Crippen molar-refractivity contribution in [1.82, 2.24) is 0 Å². The molecule has 0 aromatic carbocycles. The summed E-state index contributed by atoms with van der Waals surface area (Å²) >= 11 is -0.0134. The van der Waals surface area contributed by atoms with E-state index in [0.29, 0.717) is 0 Å². The summed E-state index contributed by atoms with van der Waals surface area (Å²) in [6.45, 7) is 0. The van der Waals surface area contributed by atoms with Crippen LogP contribution in [-0.4, -0.2) is 45.2 Å². The van der Waals surface area contributed by atoms with Gasteiger partial charge >= 0.3 is 64.2 Å². The zero-order valence-corrected chi connectivity index (χ0v) is 8.56. The molecule has 1 rings (SSSR count). The number of hydrogen-bond donors (Lipinski definition) is 1. The number of hydrogen-bond acceptors (Lipinski definition) is 1. The molecule has 0 bridgehead atoms. The quantitative estimate of drug-likeness (QED) is 0.667. The van der Waals surface area contributed by atoms with Crippen molar-refractivity contribution in [1.29, 1.82) is 0 Å². The molecule has 0 aromatic heterocycles. The van der Waals surface area contributed by atoms with E-state index < -0.39 is 5.97 Å². The Morgan fingerprint density at radius 2 is 2.50 bits per heavy atom. The third-order valence-corrected chi connectivity index (χ3v) is 11.6. The van der Waals surface area contributed by atoms with Crippen molar-refractivity contribution >= 4 is 40.1 Å². The summed E-state index contributed by atoms with van der Waals surface area (Å²) in [5, 5.41) is 8.42. The predicted molar refractivity (Wildman–Crippen MR) is 32.0 cm³/mol. The van der Waals surface area contributed by atoms with Gasteiger partial charge in [0, 0.05) is 0 Å². The first-order valence-electron chi connectivity index (χ1n) is 2.02. The van der Waals surface area contributed by atoms with Gasteiger partial charge in [0.15, 0.2) is 0 Å². The SMILES string of the molecule is O=C(O)C1C=C[Te][Te]1. The van der Waals surface area contributed by atoms with Crippen molar-refractivity contribution < 1.29 is 9.90 Å². The molecule has 1 unspecified atom stereocenters. The summed E-state index contributed by atoms with van der Waals surface area (Å²) in [6.07, 6.45) is 1.87. The van der Waals surface area contributed by atoms with Crippen molar-refractivity contribution in [3.05, 3.63) is 10.2 Å². The summed E-state index contributed by atoms with van der Waals surface area (Å²) in [5.41, 5.74) is 0. The molecule has 0 fully saturated rings. The van der Waals surface area contributed by atoms with Crippen LogP contribution in [0, 0.1) is 0 Å². The molecule has 1 N–H and O–H groups in total. The zero-order valence-electron chi connectivity index (χ0n) is 3.90. The summed E-state index contributed by atoms with van der Waals surface area (Å²) in [4.78, 5) is 10.2. The third kappa shape index (κ3) is 1.64. The van der Waals surface area contributed by atoms with Gasteiger partial charge in [0.2, 0.25) is 0 Å². The van der Waals surface area contributed by atoms with E-state index in [1.807, 2.05) is 6.08 Å². The van der Waals surface area contributed by atoms with Crippen molar-refractivity contribution in [3.63, 3.8) is 0 Å². The average molecular weight is 339 g/mol. The number of rotatable bonds is 1. The van der Waals surface area contributed by atoms with Crippen molar-refractivity contribution in [2.75, 3.05) is 0 Å². The molecule has 0 amide bonds. The van der Waals surface area contributed by atoms with Gasteiger partial charge in [-0.3, -0.25) is 0 Å². The summed E-state index contributed by atoms with van der Waals surface area (Å²) in [6, 6.07) is 0. The molecular formula is C4H4O2Te2. The first-order valence-corrected chi connectivity index (χ1v) is 12.0. The Balaban J connectivity index is 2.48. The maximum atomic E-state index is 10.2. The number of carbonyl (C=O) groups is 1. The predicted octanol–water partition coefficient (Wildman–Crippen LogP) is -0.290. The van der Waals surface area contributed by atoms with Crippen LogP contribution in [0.15, 0.2) is 10.2 Å². The second-order valence-electron chi connectivity index (χ2n) is 1.28. The van der Waals surface area contributed by atoms with E-state index in [1.165, 1.54) is 0 Å². The molecule has 44 valence electrons. The molecule has 0 aromatic rings. The van der Waals surface area contributed by atoms with Crippen LogP contribution in [0.1, 0.15) is 0 Å². The van der Waals surface area contributed by atoms with Gasteiger partial charge in [-0.25, -0.2) is 0 Å². The van der Waals surface area contributed by atoms with Crippen LogP contribution in [0.3, 0.4) is 0 Å². The molecule has 4 heteroatoms. The fourth-order valence-electron chi connectivity index (χ4n) is 0.351. The van der Waals surface area contributed by atoms with E-state index in [-0.39, 0.29) is 38.1 Å². The molecule has 1 atom stereocenters. The van der Waals surface area contributed by atoms with E-state index in [9.17, 15) is 4.79 Å². The van der Waals surface area contributed by atoms with Gasteiger partial charge in [0.1, 0.15) is 0 Å². The topological polar surface area (TPSA) is 37.3 Å². The van der Waals surface area contributed by atoms with Gasteiger partial charge in [0.05, 0.1) is 0 Å². The maximum absolute atomic E-state index is 10.2. The summed E-state index contributed by atoms with van der Waals surface area (Å²) in [7, 11) is 0. The van der Waals surface area contributed by atoms with Gasteiger partial charge in [-0.05, 0) is 0 Å². The molecule has 2 nitrogen and oxygen atoms in total. The fourth-order valence-corrected chi connectivity index (χ4v) is 10.7. The molecule has 0 saturated heterocycles. The van der Waals surface area contributed by atoms with Crippen LogP contribution in [0.2, 0.25) is 3.97 Å². The van der Waals surface area contributed by atoms with Gasteiger partial charge in [-0.15, -0.1) is 0 Å². The minimum atomic E-state index is -0.605. The van der Waals surface area contributed by atoms with Crippen LogP contribution in [0.25, 0.3) is 0 Å². The Kier molecular flexibility index (Phi) is 2.66. The van der Waals surface area contributed by atoms with Crippen LogP contribution >= 0.6 is 0 Å². The summed E-state index contributed by atoms with van der Waals surface area (Å²) < 4.78 is 2.09. The van der Waals surface area contributed by atoms with Crippen LogP contribution < -0.4 is 0 Å². The zero-order chi connectivity index (χ0) is 5.98. The molecule has 0 radical (unpaired) electrons. The molecule has 0 saturated carbocycles. The monoisotopic (exact) mass is 344 g/mol. The van der Waals surface area contributed by atoms with E-state index in [1.54, 1.807) is 0 Å². The van der Waals surface area contributed by atoms with Gasteiger partial charge in [-0.2, -0.15) is 0 Å². The van der Waals surface area contributed by atoms with Gasteiger partial charge in [0.25, 0.3) is 0 Å². The number of aliphatic carboxylic acids is 1. The molecule has 1 aliphatic rings. The van der Waals surface area contributed by atoms with Crippen LogP contribution in [-0.2, 0) is 4.79 Å². The Bertz CT molecular complexity index is 132. The number of carboxylic acid groups (broad SMARTS) is 1. The second-order valence-corrected chi connectivity index (χ2v) is 12.0. The van der Waals surface area contributed by atoms with E-state index in [2.05, 4.69) is 4.12 Å². The van der Waals surface area contributed by atoms with Crippen molar-refractivity contribution in [2.45, 2.75) is 3.97 Å². The molecular weight excluding hydrogens is 335 g/mol. The standard InChI is InChI=1S/C4H4O2Te2/c5-4(6)3-1-2-7-8-3/h1-3H,(H,5,6). The van der Waals surface area contributed by atoms with Gasteiger partial charge in [-0.1, -0.05) is 0 Å². The molecule has 1 heterocycles. The van der Waals surface area contributed by atoms with Crippen molar-refractivity contribution in [3.8, 4) is 0 Å². The minimum absolute atomic E-state index is 0.0113. The molecule has 1 aliphatic heterocycles. The first-order chi connectivity index (χ1) is 3.80. The van der Waals surface area contributed by atoms with Crippen LogP contribution in [0.5, 0.6) is 0 Å². The molecule has 0 aliphatic carbocycles. The van der Waals surface area contributed by atoms with E-state index >= 15 is 0 Å². The first kappa shape index (κ1) is 6.90. The molecule has 0 spiro atoms. The van der Waals surface area contributed by atoms with E-state index in [0.717, 1.165) is 0 Å².